The molecule has 0 amide bonds. The molecule has 2 heteroatoms. The summed E-state index contributed by atoms with van der Waals surface area (Å²) in [5.41, 5.74) is 1.50. The van der Waals surface area contributed by atoms with E-state index >= 15 is 0 Å². The summed E-state index contributed by atoms with van der Waals surface area (Å²) < 4.78 is 0. The molecule has 1 nitrogen and oxygen atoms in total. The molecule has 2 heterocycles. The number of anilines is 1. The first kappa shape index (κ1) is 4.39. The van der Waals surface area contributed by atoms with Crippen LogP contribution < -0.4 is 5.32 Å². The number of fused-ring (bicyclic) bond motifs is 1. The van der Waals surface area contributed by atoms with E-state index in [0.29, 0.717) is 0 Å². The second-order valence-electron chi connectivity index (χ2n) is 1.95. The largest absolute Gasteiger partial charge is 0.376 e. The molecule has 0 bridgehead atoms. The van der Waals surface area contributed by atoms with Crippen molar-refractivity contribution >= 4 is 16.3 Å². The lowest BCUT2D eigenvalue weighted by Crippen LogP contribution is -1.90. The van der Waals surface area contributed by atoms with Gasteiger partial charge in [0.25, 0.3) is 0 Å². The standard InChI is InChI=1S/C6H7NS/c1-3-7-6-5(1)2-4-8-6/h2,4,7H,1,3H2. The van der Waals surface area contributed by atoms with Crippen molar-refractivity contribution < 1.29 is 0 Å². The Balaban J connectivity index is 2.54. The van der Waals surface area contributed by atoms with Crippen LogP contribution in [-0.2, 0) is 6.42 Å². The number of rotatable bonds is 0. The molecular weight excluding hydrogens is 118 g/mol. The molecule has 1 aromatic rings. The molecule has 0 saturated carbocycles. The van der Waals surface area contributed by atoms with Crippen molar-refractivity contribution in [1.82, 2.24) is 0 Å². The summed E-state index contributed by atoms with van der Waals surface area (Å²) in [4.78, 5) is 0. The van der Waals surface area contributed by atoms with E-state index in [1.165, 1.54) is 17.0 Å². The fourth-order valence-electron chi connectivity index (χ4n) is 0.998. The lowest BCUT2D eigenvalue weighted by atomic mass is 10.3. The topological polar surface area (TPSA) is 12.0 Å². The minimum absolute atomic E-state index is 1.14. The van der Waals surface area contributed by atoms with Crippen molar-refractivity contribution in [3.8, 4) is 0 Å². The molecule has 0 unspecified atom stereocenters. The van der Waals surface area contributed by atoms with Gasteiger partial charge in [-0.05, 0) is 23.4 Å². The summed E-state index contributed by atoms with van der Waals surface area (Å²) in [7, 11) is 0. The first-order valence-electron chi connectivity index (χ1n) is 2.77. The monoisotopic (exact) mass is 125 g/mol. The van der Waals surface area contributed by atoms with Gasteiger partial charge < -0.3 is 5.32 Å². The minimum Gasteiger partial charge on any atom is -0.376 e. The molecule has 8 heavy (non-hydrogen) atoms. The molecule has 0 fully saturated rings. The van der Waals surface area contributed by atoms with E-state index in [0.717, 1.165) is 6.54 Å². The van der Waals surface area contributed by atoms with Crippen LogP contribution in [0.3, 0.4) is 0 Å². The first-order chi connectivity index (χ1) is 3.97. The van der Waals surface area contributed by atoms with Crippen LogP contribution in [0.1, 0.15) is 5.56 Å². The zero-order chi connectivity index (χ0) is 5.40. The highest BCUT2D eigenvalue weighted by Gasteiger charge is 2.08. The Kier molecular flexibility index (Phi) is 0.815. The van der Waals surface area contributed by atoms with Crippen LogP contribution in [0.4, 0.5) is 5.00 Å². The molecule has 0 saturated heterocycles. The number of hydrogen-bond donors (Lipinski definition) is 1. The molecule has 1 aliphatic heterocycles. The maximum atomic E-state index is 3.30. The predicted octanol–water partition coefficient (Wildman–Crippen LogP) is 1.72. The Labute approximate surface area is 52.3 Å². The first-order valence-corrected chi connectivity index (χ1v) is 3.65. The SMILES string of the molecule is c1cc2c(s1)NCC2. The predicted molar refractivity (Wildman–Crippen MR) is 36.5 cm³/mol. The summed E-state index contributed by atoms with van der Waals surface area (Å²) in [5.74, 6) is 0. The molecule has 2 rings (SSSR count). The average Bonchev–Trinajstić information content (AvgIpc) is 2.15. The van der Waals surface area contributed by atoms with E-state index in [9.17, 15) is 0 Å². The highest BCUT2D eigenvalue weighted by Crippen LogP contribution is 2.27. The fraction of sp³-hybridized carbons (Fsp3) is 0.333. The number of hydrogen-bond acceptors (Lipinski definition) is 2. The normalized spacial score (nSPS) is 15.5. The molecule has 0 aliphatic carbocycles. The van der Waals surface area contributed by atoms with Crippen LogP contribution in [0.2, 0.25) is 0 Å². The van der Waals surface area contributed by atoms with Crippen LogP contribution in [0.5, 0.6) is 0 Å². The number of nitrogens with one attached hydrogen (secondary N) is 1. The van der Waals surface area contributed by atoms with Crippen LogP contribution in [0, 0.1) is 0 Å². The van der Waals surface area contributed by atoms with E-state index < -0.39 is 0 Å². The third-order valence-electron chi connectivity index (χ3n) is 1.43. The van der Waals surface area contributed by atoms with Gasteiger partial charge in [0.1, 0.15) is 0 Å². The third kappa shape index (κ3) is 0.464. The highest BCUT2D eigenvalue weighted by molar-refractivity contribution is 7.14. The van der Waals surface area contributed by atoms with Crippen LogP contribution >= 0.6 is 11.3 Å². The Bertz CT molecular complexity index is 174. The lowest BCUT2D eigenvalue weighted by molar-refractivity contribution is 1.11. The second-order valence-corrected chi connectivity index (χ2v) is 2.87. The zero-order valence-corrected chi connectivity index (χ0v) is 5.29. The molecule has 0 aromatic carbocycles. The van der Waals surface area contributed by atoms with E-state index in [2.05, 4.69) is 16.8 Å². The van der Waals surface area contributed by atoms with Gasteiger partial charge >= 0.3 is 0 Å². The Morgan fingerprint density at radius 2 is 2.62 bits per heavy atom. The van der Waals surface area contributed by atoms with Crippen molar-refractivity contribution in [3.63, 3.8) is 0 Å². The number of thiophene rings is 1. The van der Waals surface area contributed by atoms with Crippen LogP contribution in [0.25, 0.3) is 0 Å². The molecule has 0 atom stereocenters. The minimum atomic E-state index is 1.14. The van der Waals surface area contributed by atoms with E-state index in [1.54, 1.807) is 11.3 Å². The molecule has 1 N–H and O–H groups in total. The van der Waals surface area contributed by atoms with Crippen molar-refractivity contribution in [3.05, 3.63) is 17.0 Å². The van der Waals surface area contributed by atoms with Crippen molar-refractivity contribution in [1.29, 1.82) is 0 Å². The van der Waals surface area contributed by atoms with Crippen LogP contribution in [0.15, 0.2) is 11.4 Å². The lowest BCUT2D eigenvalue weighted by Gasteiger charge is -1.85. The van der Waals surface area contributed by atoms with E-state index in [1.807, 2.05) is 0 Å². The fourth-order valence-corrected chi connectivity index (χ4v) is 1.87. The quantitative estimate of drug-likeness (QED) is 0.556. The second kappa shape index (κ2) is 1.49. The maximum absolute atomic E-state index is 3.30. The van der Waals surface area contributed by atoms with Gasteiger partial charge in [-0.2, -0.15) is 0 Å². The molecule has 42 valence electrons. The van der Waals surface area contributed by atoms with Gasteiger partial charge in [-0.25, -0.2) is 0 Å². The molecule has 1 aromatic heterocycles. The van der Waals surface area contributed by atoms with Gasteiger partial charge in [0.05, 0.1) is 5.00 Å². The van der Waals surface area contributed by atoms with Gasteiger partial charge in [0.2, 0.25) is 0 Å². The van der Waals surface area contributed by atoms with Crippen molar-refractivity contribution in [2.24, 2.45) is 0 Å². The third-order valence-corrected chi connectivity index (χ3v) is 2.34. The maximum Gasteiger partial charge on any atom is 0.0915 e. The van der Waals surface area contributed by atoms with Gasteiger partial charge in [0, 0.05) is 6.54 Å². The summed E-state index contributed by atoms with van der Waals surface area (Å²) in [5, 5.41) is 6.81. The summed E-state index contributed by atoms with van der Waals surface area (Å²) in [6, 6.07) is 2.19. The summed E-state index contributed by atoms with van der Waals surface area (Å²) in [6.45, 7) is 1.14. The highest BCUT2D eigenvalue weighted by atomic mass is 32.1. The Hall–Kier alpha value is -0.500. The molecule has 0 radical (unpaired) electrons. The van der Waals surface area contributed by atoms with Crippen molar-refractivity contribution in [2.45, 2.75) is 6.42 Å². The Morgan fingerprint density at radius 3 is 3.50 bits per heavy atom. The summed E-state index contributed by atoms with van der Waals surface area (Å²) >= 11 is 1.80. The van der Waals surface area contributed by atoms with Gasteiger partial charge in [-0.15, -0.1) is 11.3 Å². The van der Waals surface area contributed by atoms with Gasteiger partial charge in [0.15, 0.2) is 0 Å². The molecule has 1 aliphatic rings. The van der Waals surface area contributed by atoms with Crippen LogP contribution in [-0.4, -0.2) is 6.54 Å². The molecular formula is C6H7NS. The zero-order valence-electron chi connectivity index (χ0n) is 4.48. The van der Waals surface area contributed by atoms with Crippen molar-refractivity contribution in [2.75, 3.05) is 11.9 Å². The summed E-state index contributed by atoms with van der Waals surface area (Å²) in [6.07, 6.45) is 1.22. The van der Waals surface area contributed by atoms with E-state index in [-0.39, 0.29) is 0 Å². The van der Waals surface area contributed by atoms with Gasteiger partial charge in [-0.1, -0.05) is 0 Å². The average molecular weight is 125 g/mol. The Morgan fingerprint density at radius 1 is 1.62 bits per heavy atom. The molecule has 0 spiro atoms. The van der Waals surface area contributed by atoms with Gasteiger partial charge in [-0.3, -0.25) is 0 Å². The smallest absolute Gasteiger partial charge is 0.0915 e. The van der Waals surface area contributed by atoms with E-state index in [4.69, 9.17) is 0 Å².